The van der Waals surface area contributed by atoms with E-state index in [4.69, 9.17) is 15.5 Å². The van der Waals surface area contributed by atoms with Crippen molar-refractivity contribution in [3.8, 4) is 11.3 Å². The van der Waals surface area contributed by atoms with Gasteiger partial charge in [0.15, 0.2) is 0 Å². The number of anilines is 1. The van der Waals surface area contributed by atoms with Crippen LogP contribution in [-0.2, 0) is 16.4 Å². The van der Waals surface area contributed by atoms with Crippen molar-refractivity contribution in [3.05, 3.63) is 53.3 Å². The lowest BCUT2D eigenvalue weighted by atomic mass is 9.81. The Hall–Kier alpha value is -2.37. The lowest BCUT2D eigenvalue weighted by Gasteiger charge is -2.23. The Morgan fingerprint density at radius 2 is 1.93 bits per heavy atom. The Balaban J connectivity index is 1.88. The fourth-order valence-electron chi connectivity index (χ4n) is 4.26. The number of H-pyrrole nitrogens is 1. The molecule has 27 heavy (non-hydrogen) atoms. The van der Waals surface area contributed by atoms with Crippen LogP contribution in [0, 0.1) is 5.82 Å². The van der Waals surface area contributed by atoms with Gasteiger partial charge in [-0.05, 0) is 54.2 Å². The summed E-state index contributed by atoms with van der Waals surface area (Å²) in [5.74, 6) is 0.188. The van der Waals surface area contributed by atoms with Crippen LogP contribution >= 0.6 is 0 Å². The van der Waals surface area contributed by atoms with Crippen molar-refractivity contribution in [2.45, 2.75) is 44.6 Å². The van der Waals surface area contributed by atoms with Gasteiger partial charge in [0.25, 0.3) is 0 Å². The molecule has 3 aromatic rings. The molecular formula is C22H25FN2O2. The summed E-state index contributed by atoms with van der Waals surface area (Å²) in [5.41, 5.74) is 11.8. The quantitative estimate of drug-likeness (QED) is 0.346. The summed E-state index contributed by atoms with van der Waals surface area (Å²) in [6, 6.07) is 10.8. The van der Waals surface area contributed by atoms with E-state index in [9.17, 15) is 4.39 Å². The summed E-state index contributed by atoms with van der Waals surface area (Å²) in [7, 11) is 1.50. The molecule has 0 bridgehead atoms. The van der Waals surface area contributed by atoms with Crippen LogP contribution < -0.4 is 5.73 Å². The zero-order valence-corrected chi connectivity index (χ0v) is 15.6. The van der Waals surface area contributed by atoms with E-state index in [1.807, 2.05) is 0 Å². The van der Waals surface area contributed by atoms with Crippen LogP contribution in [0.2, 0.25) is 0 Å². The predicted octanol–water partition coefficient (Wildman–Crippen LogP) is 5.68. The molecule has 4 nitrogen and oxygen atoms in total. The molecule has 0 unspecified atom stereocenters. The Kier molecular flexibility index (Phi) is 5.14. The first-order valence-corrected chi connectivity index (χ1v) is 9.53. The number of fused-ring (bicyclic) bond motifs is 1. The number of benzene rings is 2. The van der Waals surface area contributed by atoms with Gasteiger partial charge in [0.2, 0.25) is 0 Å². The molecule has 0 aliphatic heterocycles. The second kappa shape index (κ2) is 7.71. The van der Waals surface area contributed by atoms with Gasteiger partial charge in [0.05, 0.1) is 12.8 Å². The minimum atomic E-state index is -0.276. The van der Waals surface area contributed by atoms with Gasteiger partial charge < -0.3 is 10.7 Å². The normalized spacial score (nSPS) is 15.5. The van der Waals surface area contributed by atoms with Crippen molar-refractivity contribution in [3.63, 3.8) is 0 Å². The summed E-state index contributed by atoms with van der Waals surface area (Å²) >= 11 is 0. The molecule has 2 aromatic carbocycles. The number of aromatic nitrogens is 1. The number of hydrogen-bond donors (Lipinski definition) is 2. The lowest BCUT2D eigenvalue weighted by molar-refractivity contribution is -0.282. The maximum absolute atomic E-state index is 14.0. The van der Waals surface area contributed by atoms with E-state index in [0.717, 1.165) is 35.2 Å². The minimum Gasteiger partial charge on any atom is -0.398 e. The van der Waals surface area contributed by atoms with E-state index in [-0.39, 0.29) is 5.82 Å². The topological polar surface area (TPSA) is 60.3 Å². The Morgan fingerprint density at radius 1 is 1.11 bits per heavy atom. The van der Waals surface area contributed by atoms with Gasteiger partial charge in [-0.15, -0.1) is 0 Å². The molecule has 1 aliphatic carbocycles. The zero-order chi connectivity index (χ0) is 18.8. The SMILES string of the molecule is COOCc1ccc2c(C3CCCCC3)c(-c3cc(F)ccc3N)[nH]c2c1. The third-order valence-electron chi connectivity index (χ3n) is 5.54. The highest BCUT2D eigenvalue weighted by Crippen LogP contribution is 2.43. The Labute approximate surface area is 158 Å². The maximum atomic E-state index is 14.0. The highest BCUT2D eigenvalue weighted by atomic mass is 19.1. The molecular weight excluding hydrogens is 343 g/mol. The van der Waals surface area contributed by atoms with E-state index in [2.05, 4.69) is 23.2 Å². The fraction of sp³-hybridized carbons (Fsp3) is 0.364. The molecule has 1 fully saturated rings. The highest BCUT2D eigenvalue weighted by Gasteiger charge is 2.24. The number of halogens is 1. The van der Waals surface area contributed by atoms with E-state index < -0.39 is 0 Å². The van der Waals surface area contributed by atoms with Crippen molar-refractivity contribution in [1.82, 2.24) is 4.98 Å². The number of nitrogen functional groups attached to an aromatic ring is 1. The summed E-state index contributed by atoms with van der Waals surface area (Å²) in [6.07, 6.45) is 6.06. The molecule has 4 rings (SSSR count). The van der Waals surface area contributed by atoms with Crippen LogP contribution in [0.5, 0.6) is 0 Å². The fourth-order valence-corrected chi connectivity index (χ4v) is 4.26. The second-order valence-corrected chi connectivity index (χ2v) is 7.29. The molecule has 3 N–H and O–H groups in total. The van der Waals surface area contributed by atoms with E-state index in [0.29, 0.717) is 18.2 Å². The van der Waals surface area contributed by atoms with Gasteiger partial charge in [-0.2, -0.15) is 0 Å². The number of aromatic amines is 1. The number of nitrogens with two attached hydrogens (primary N) is 1. The largest absolute Gasteiger partial charge is 0.398 e. The van der Waals surface area contributed by atoms with E-state index in [1.54, 1.807) is 6.07 Å². The van der Waals surface area contributed by atoms with Gasteiger partial charge in [-0.25, -0.2) is 14.2 Å². The minimum absolute atomic E-state index is 0.276. The van der Waals surface area contributed by atoms with Crippen molar-refractivity contribution >= 4 is 16.6 Å². The molecule has 0 amide bonds. The molecule has 0 saturated heterocycles. The van der Waals surface area contributed by atoms with Crippen LogP contribution in [0.15, 0.2) is 36.4 Å². The molecule has 5 heteroatoms. The average Bonchev–Trinajstić information content (AvgIpc) is 3.07. The third kappa shape index (κ3) is 3.57. The predicted molar refractivity (Wildman–Crippen MR) is 106 cm³/mol. The number of nitrogens with one attached hydrogen (secondary N) is 1. The summed E-state index contributed by atoms with van der Waals surface area (Å²) in [4.78, 5) is 13.3. The van der Waals surface area contributed by atoms with E-state index in [1.165, 1.54) is 49.5 Å². The van der Waals surface area contributed by atoms with Crippen LogP contribution in [0.3, 0.4) is 0 Å². The second-order valence-electron chi connectivity index (χ2n) is 7.29. The summed E-state index contributed by atoms with van der Waals surface area (Å²) in [5, 5.41) is 1.18. The first-order chi connectivity index (χ1) is 13.2. The Bertz CT molecular complexity index is 945. The lowest BCUT2D eigenvalue weighted by Crippen LogP contribution is -2.06. The first-order valence-electron chi connectivity index (χ1n) is 9.53. The third-order valence-corrected chi connectivity index (χ3v) is 5.54. The Morgan fingerprint density at radius 3 is 2.70 bits per heavy atom. The number of rotatable bonds is 5. The van der Waals surface area contributed by atoms with Gasteiger partial charge >= 0.3 is 0 Å². The van der Waals surface area contributed by atoms with Gasteiger partial charge in [-0.1, -0.05) is 31.4 Å². The van der Waals surface area contributed by atoms with Gasteiger partial charge in [0.1, 0.15) is 12.4 Å². The molecule has 1 aromatic heterocycles. The molecule has 1 saturated carbocycles. The van der Waals surface area contributed by atoms with Crippen LogP contribution in [-0.4, -0.2) is 12.1 Å². The summed E-state index contributed by atoms with van der Waals surface area (Å²) < 4.78 is 14.0. The van der Waals surface area contributed by atoms with Crippen LogP contribution in [0.1, 0.15) is 49.1 Å². The molecule has 0 spiro atoms. The summed E-state index contributed by atoms with van der Waals surface area (Å²) in [6.45, 7) is 0.377. The van der Waals surface area contributed by atoms with Crippen molar-refractivity contribution in [1.29, 1.82) is 0 Å². The molecule has 0 atom stereocenters. The molecule has 1 heterocycles. The zero-order valence-electron chi connectivity index (χ0n) is 15.6. The molecule has 1 aliphatic rings. The standard InChI is InChI=1S/C22H25FN2O2/c1-26-27-13-14-7-9-17-20(11-14)25-22(18-12-16(23)8-10-19(18)24)21(17)15-5-3-2-4-6-15/h7-12,15,25H,2-6,13,24H2,1H3. The highest BCUT2D eigenvalue weighted by molar-refractivity contribution is 5.94. The first kappa shape index (κ1) is 18.0. The number of hydrogen-bond acceptors (Lipinski definition) is 3. The van der Waals surface area contributed by atoms with Crippen LogP contribution in [0.25, 0.3) is 22.2 Å². The van der Waals surface area contributed by atoms with Gasteiger partial charge in [0, 0.05) is 22.2 Å². The molecule has 0 radical (unpaired) electrons. The van der Waals surface area contributed by atoms with Crippen LogP contribution in [0.4, 0.5) is 10.1 Å². The van der Waals surface area contributed by atoms with Crippen molar-refractivity contribution in [2.24, 2.45) is 0 Å². The molecule has 142 valence electrons. The van der Waals surface area contributed by atoms with Crippen molar-refractivity contribution < 1.29 is 14.2 Å². The van der Waals surface area contributed by atoms with Crippen molar-refractivity contribution in [2.75, 3.05) is 12.8 Å². The monoisotopic (exact) mass is 368 g/mol. The van der Waals surface area contributed by atoms with E-state index >= 15 is 0 Å². The maximum Gasteiger partial charge on any atom is 0.124 e. The smallest absolute Gasteiger partial charge is 0.124 e. The van der Waals surface area contributed by atoms with Gasteiger partial charge in [-0.3, -0.25) is 0 Å². The average molecular weight is 368 g/mol.